The lowest BCUT2D eigenvalue weighted by atomic mass is 10.0. The normalized spacial score (nSPS) is 15.4. The molecule has 0 bridgehead atoms. The van der Waals surface area contributed by atoms with Gasteiger partial charge in [-0.05, 0) is 29.5 Å². The van der Waals surface area contributed by atoms with Gasteiger partial charge in [0.25, 0.3) is 0 Å². The third kappa shape index (κ3) is 3.17. The summed E-state index contributed by atoms with van der Waals surface area (Å²) < 4.78 is 5.55. The van der Waals surface area contributed by atoms with Crippen LogP contribution in [0.1, 0.15) is 31.0 Å². The lowest BCUT2D eigenvalue weighted by Crippen LogP contribution is -2.23. The number of ether oxygens (including phenoxy) is 1. The second-order valence-corrected chi connectivity index (χ2v) is 5.55. The van der Waals surface area contributed by atoms with E-state index in [-0.39, 0.29) is 0 Å². The van der Waals surface area contributed by atoms with Crippen molar-refractivity contribution in [1.29, 1.82) is 0 Å². The van der Waals surface area contributed by atoms with Crippen molar-refractivity contribution in [2.75, 3.05) is 24.7 Å². The first-order valence-corrected chi connectivity index (χ1v) is 7.57. The molecule has 0 amide bonds. The zero-order valence-corrected chi connectivity index (χ0v) is 11.5. The molecule has 0 radical (unpaired) electrons. The Morgan fingerprint density at radius 1 is 1.41 bits per heavy atom. The Morgan fingerprint density at radius 2 is 2.29 bits per heavy atom. The fourth-order valence-corrected chi connectivity index (χ4v) is 2.96. The molecule has 1 atom stereocenters. The first kappa shape index (κ1) is 12.8. The largest absolute Gasteiger partial charge is 0.493 e. The van der Waals surface area contributed by atoms with Gasteiger partial charge in [-0.3, -0.25) is 0 Å². The number of benzene rings is 1. The van der Waals surface area contributed by atoms with E-state index in [2.05, 4.69) is 37.4 Å². The molecule has 0 fully saturated rings. The van der Waals surface area contributed by atoms with Crippen LogP contribution in [-0.2, 0) is 6.42 Å². The van der Waals surface area contributed by atoms with Gasteiger partial charge in [-0.2, -0.15) is 11.8 Å². The topological polar surface area (TPSA) is 21.3 Å². The number of rotatable bonds is 6. The molecule has 0 aromatic heterocycles. The molecular formula is C14H21NOS. The summed E-state index contributed by atoms with van der Waals surface area (Å²) in [7, 11) is 0. The quantitative estimate of drug-likeness (QED) is 0.839. The van der Waals surface area contributed by atoms with E-state index in [1.54, 1.807) is 0 Å². The third-order valence-corrected chi connectivity index (χ3v) is 4.03. The van der Waals surface area contributed by atoms with Crippen molar-refractivity contribution >= 4 is 11.8 Å². The van der Waals surface area contributed by atoms with Gasteiger partial charge < -0.3 is 10.1 Å². The van der Waals surface area contributed by atoms with Crippen molar-refractivity contribution in [3.05, 3.63) is 29.3 Å². The SMILES string of the molecule is CCNC(CSCC)c1ccc2c(c1)CCO2. The molecule has 1 N–H and O–H groups in total. The lowest BCUT2D eigenvalue weighted by molar-refractivity contribution is 0.357. The summed E-state index contributed by atoms with van der Waals surface area (Å²) in [5.41, 5.74) is 2.77. The molecule has 17 heavy (non-hydrogen) atoms. The molecule has 1 unspecified atom stereocenters. The third-order valence-electron chi connectivity index (χ3n) is 3.06. The monoisotopic (exact) mass is 251 g/mol. The smallest absolute Gasteiger partial charge is 0.122 e. The highest BCUT2D eigenvalue weighted by Crippen LogP contribution is 2.29. The van der Waals surface area contributed by atoms with E-state index in [0.717, 1.165) is 31.1 Å². The van der Waals surface area contributed by atoms with Crippen molar-refractivity contribution < 1.29 is 4.74 Å². The standard InChI is InChI=1S/C14H21NOS/c1-3-15-13(10-17-4-2)11-5-6-14-12(9-11)7-8-16-14/h5-6,9,13,15H,3-4,7-8,10H2,1-2H3. The first-order chi connectivity index (χ1) is 8.35. The second kappa shape index (κ2) is 6.31. The summed E-state index contributed by atoms with van der Waals surface area (Å²) in [6.45, 7) is 6.24. The van der Waals surface area contributed by atoms with E-state index in [4.69, 9.17) is 4.74 Å². The minimum absolute atomic E-state index is 0.468. The van der Waals surface area contributed by atoms with Crippen molar-refractivity contribution in [1.82, 2.24) is 5.32 Å². The summed E-state index contributed by atoms with van der Waals surface area (Å²) in [4.78, 5) is 0. The molecule has 3 heteroatoms. The predicted octanol–water partition coefficient (Wildman–Crippen LogP) is 3.03. The fourth-order valence-electron chi connectivity index (χ4n) is 2.18. The van der Waals surface area contributed by atoms with Gasteiger partial charge in [0.2, 0.25) is 0 Å². The van der Waals surface area contributed by atoms with Crippen LogP contribution in [0.15, 0.2) is 18.2 Å². The Morgan fingerprint density at radius 3 is 3.06 bits per heavy atom. The summed E-state index contributed by atoms with van der Waals surface area (Å²) >= 11 is 1.99. The zero-order chi connectivity index (χ0) is 12.1. The highest BCUT2D eigenvalue weighted by Gasteiger charge is 2.16. The van der Waals surface area contributed by atoms with Crippen LogP contribution in [-0.4, -0.2) is 24.7 Å². The molecule has 1 aliphatic rings. The average molecular weight is 251 g/mol. The minimum Gasteiger partial charge on any atom is -0.493 e. The Labute approximate surface area is 108 Å². The lowest BCUT2D eigenvalue weighted by Gasteiger charge is -2.18. The Kier molecular flexibility index (Phi) is 4.75. The minimum atomic E-state index is 0.468. The number of fused-ring (bicyclic) bond motifs is 1. The van der Waals surface area contributed by atoms with Gasteiger partial charge in [-0.25, -0.2) is 0 Å². The molecule has 0 saturated heterocycles. The van der Waals surface area contributed by atoms with E-state index in [1.807, 2.05) is 11.8 Å². The van der Waals surface area contributed by atoms with Crippen LogP contribution in [0.25, 0.3) is 0 Å². The van der Waals surface area contributed by atoms with Gasteiger partial charge in [-0.1, -0.05) is 26.0 Å². The molecule has 0 spiro atoms. The van der Waals surface area contributed by atoms with Gasteiger partial charge in [-0.15, -0.1) is 0 Å². The van der Waals surface area contributed by atoms with Crippen molar-refractivity contribution in [3.8, 4) is 5.75 Å². The Hall–Kier alpha value is -0.670. The van der Waals surface area contributed by atoms with E-state index in [0.29, 0.717) is 6.04 Å². The van der Waals surface area contributed by atoms with Crippen LogP contribution in [0, 0.1) is 0 Å². The average Bonchev–Trinajstić information content (AvgIpc) is 2.81. The highest BCUT2D eigenvalue weighted by atomic mass is 32.2. The van der Waals surface area contributed by atoms with Crippen LogP contribution in [0.4, 0.5) is 0 Å². The molecule has 94 valence electrons. The van der Waals surface area contributed by atoms with Crippen LogP contribution in [0.3, 0.4) is 0 Å². The van der Waals surface area contributed by atoms with Crippen molar-refractivity contribution in [2.45, 2.75) is 26.3 Å². The van der Waals surface area contributed by atoms with Crippen LogP contribution in [0.2, 0.25) is 0 Å². The first-order valence-electron chi connectivity index (χ1n) is 6.42. The molecular weight excluding hydrogens is 230 g/mol. The summed E-state index contributed by atoms with van der Waals surface area (Å²) in [5, 5.41) is 3.56. The Balaban J connectivity index is 2.11. The van der Waals surface area contributed by atoms with E-state index >= 15 is 0 Å². The molecule has 1 aliphatic heterocycles. The number of nitrogens with one attached hydrogen (secondary N) is 1. The molecule has 0 aliphatic carbocycles. The number of thioether (sulfide) groups is 1. The predicted molar refractivity (Wildman–Crippen MR) is 75.1 cm³/mol. The van der Waals surface area contributed by atoms with Crippen molar-refractivity contribution in [2.24, 2.45) is 0 Å². The Bertz CT molecular complexity index is 367. The molecule has 2 nitrogen and oxygen atoms in total. The molecule has 1 heterocycles. The molecule has 1 aromatic carbocycles. The molecule has 1 aromatic rings. The zero-order valence-electron chi connectivity index (χ0n) is 10.7. The second-order valence-electron chi connectivity index (χ2n) is 4.24. The van der Waals surface area contributed by atoms with Gasteiger partial charge in [0.1, 0.15) is 5.75 Å². The highest BCUT2D eigenvalue weighted by molar-refractivity contribution is 7.99. The fraction of sp³-hybridized carbons (Fsp3) is 0.571. The summed E-state index contributed by atoms with van der Waals surface area (Å²) in [6.07, 6.45) is 1.06. The van der Waals surface area contributed by atoms with Crippen molar-refractivity contribution in [3.63, 3.8) is 0 Å². The van der Waals surface area contributed by atoms with Gasteiger partial charge in [0.05, 0.1) is 6.61 Å². The number of hydrogen-bond acceptors (Lipinski definition) is 3. The van der Waals surface area contributed by atoms with Gasteiger partial charge in [0.15, 0.2) is 0 Å². The van der Waals surface area contributed by atoms with Crippen LogP contribution in [0.5, 0.6) is 5.75 Å². The maximum absolute atomic E-state index is 5.55. The van der Waals surface area contributed by atoms with Gasteiger partial charge >= 0.3 is 0 Å². The maximum Gasteiger partial charge on any atom is 0.122 e. The van der Waals surface area contributed by atoms with E-state index in [9.17, 15) is 0 Å². The number of hydrogen-bond donors (Lipinski definition) is 1. The summed E-state index contributed by atoms with van der Waals surface area (Å²) in [6, 6.07) is 7.11. The van der Waals surface area contributed by atoms with E-state index < -0.39 is 0 Å². The molecule has 2 rings (SSSR count). The van der Waals surface area contributed by atoms with Crippen LogP contribution >= 0.6 is 11.8 Å². The summed E-state index contributed by atoms with van der Waals surface area (Å²) in [5.74, 6) is 3.40. The van der Waals surface area contributed by atoms with Gasteiger partial charge in [0, 0.05) is 18.2 Å². The maximum atomic E-state index is 5.55. The van der Waals surface area contributed by atoms with E-state index in [1.165, 1.54) is 16.9 Å². The molecule has 0 saturated carbocycles. The van der Waals surface area contributed by atoms with Crippen LogP contribution < -0.4 is 10.1 Å².